The zero-order valence-corrected chi connectivity index (χ0v) is 6.59. The lowest BCUT2D eigenvalue weighted by Crippen LogP contribution is -2.24. The first-order valence-corrected chi connectivity index (χ1v) is 4.08. The molecule has 11 heavy (non-hydrogen) atoms. The Balaban J connectivity index is 2.13. The highest BCUT2D eigenvalue weighted by Gasteiger charge is 2.44. The molecule has 2 aliphatic rings. The molecule has 0 bridgehead atoms. The van der Waals surface area contributed by atoms with E-state index in [0.717, 1.165) is 0 Å². The van der Waals surface area contributed by atoms with Crippen LogP contribution < -0.4 is 0 Å². The molecule has 2 aliphatic heterocycles. The lowest BCUT2D eigenvalue weighted by molar-refractivity contribution is -0.117. The molecule has 3 atom stereocenters. The van der Waals surface area contributed by atoms with E-state index in [9.17, 15) is 9.18 Å². The molecule has 0 aromatic heterocycles. The molecule has 0 saturated carbocycles. The average molecular weight is 157 g/mol. The number of hydrogen-bond acceptors (Lipinski definition) is 2. The quantitative estimate of drug-likeness (QED) is 0.513. The van der Waals surface area contributed by atoms with Gasteiger partial charge in [-0.05, 0) is 0 Å². The number of nitrogens with zero attached hydrogens (tertiary/aromatic N) is 1. The molecule has 3 heteroatoms. The Morgan fingerprint density at radius 2 is 2.36 bits per heavy atom. The molecule has 2 rings (SSSR count). The predicted molar refractivity (Wildman–Crippen MR) is 39.0 cm³/mol. The second-order valence-corrected chi connectivity index (χ2v) is 3.61. The monoisotopic (exact) mass is 157 g/mol. The topological polar surface area (TPSA) is 20.3 Å². The molecule has 2 saturated heterocycles. The van der Waals surface area contributed by atoms with Gasteiger partial charge >= 0.3 is 0 Å². The van der Waals surface area contributed by atoms with Crippen molar-refractivity contribution in [3.63, 3.8) is 0 Å². The lowest BCUT2D eigenvalue weighted by Gasteiger charge is -2.14. The fraction of sp³-hybridized carbons (Fsp3) is 0.875. The van der Waals surface area contributed by atoms with Crippen molar-refractivity contribution in [1.29, 1.82) is 0 Å². The summed E-state index contributed by atoms with van der Waals surface area (Å²) in [4.78, 5) is 12.9. The Morgan fingerprint density at radius 1 is 1.64 bits per heavy atom. The largest absolute Gasteiger partial charge is 0.298 e. The van der Waals surface area contributed by atoms with E-state index >= 15 is 0 Å². The van der Waals surface area contributed by atoms with Crippen LogP contribution in [-0.4, -0.2) is 36.0 Å². The fourth-order valence-corrected chi connectivity index (χ4v) is 2.12. The zero-order chi connectivity index (χ0) is 8.01. The molecule has 0 radical (unpaired) electrons. The summed E-state index contributed by atoms with van der Waals surface area (Å²) in [6.07, 6.45) is -0.144. The number of alkyl halides is 1. The van der Waals surface area contributed by atoms with Gasteiger partial charge in [0.2, 0.25) is 0 Å². The summed E-state index contributed by atoms with van der Waals surface area (Å²) in [5.41, 5.74) is 0. The normalized spacial score (nSPS) is 44.9. The molecular formula is C8H12FNO. The number of halogens is 1. The number of carbonyl (C=O) groups excluding carboxylic acids is 1. The standard InChI is InChI=1S/C8H12FNO/c1-5-7(9)4-10-3-6(11)2-8(5)10/h5,7-8H,2-4H2,1H3/t5?,7-,8+/m0/s1. The summed E-state index contributed by atoms with van der Waals surface area (Å²) in [7, 11) is 0. The van der Waals surface area contributed by atoms with Crippen molar-refractivity contribution in [3.8, 4) is 0 Å². The second kappa shape index (κ2) is 2.27. The minimum absolute atomic E-state index is 0.0569. The van der Waals surface area contributed by atoms with Crippen LogP contribution in [0.4, 0.5) is 4.39 Å². The minimum Gasteiger partial charge on any atom is -0.298 e. The smallest absolute Gasteiger partial charge is 0.148 e. The van der Waals surface area contributed by atoms with Crippen molar-refractivity contribution >= 4 is 5.78 Å². The summed E-state index contributed by atoms with van der Waals surface area (Å²) < 4.78 is 13.0. The third-order valence-electron chi connectivity index (χ3n) is 2.87. The molecule has 0 aliphatic carbocycles. The first-order chi connectivity index (χ1) is 5.18. The Morgan fingerprint density at radius 3 is 3.00 bits per heavy atom. The van der Waals surface area contributed by atoms with E-state index in [4.69, 9.17) is 0 Å². The van der Waals surface area contributed by atoms with E-state index in [0.29, 0.717) is 19.5 Å². The number of hydrogen-bond donors (Lipinski definition) is 0. The summed E-state index contributed by atoms with van der Waals surface area (Å²) in [6.45, 7) is 2.85. The van der Waals surface area contributed by atoms with Crippen LogP contribution in [0.1, 0.15) is 13.3 Å². The van der Waals surface area contributed by atoms with Gasteiger partial charge in [-0.3, -0.25) is 9.69 Å². The molecular weight excluding hydrogens is 145 g/mol. The van der Waals surface area contributed by atoms with Crippen LogP contribution in [0.25, 0.3) is 0 Å². The van der Waals surface area contributed by atoms with Gasteiger partial charge in [-0.25, -0.2) is 4.39 Å². The van der Waals surface area contributed by atoms with Crippen LogP contribution in [0.15, 0.2) is 0 Å². The van der Waals surface area contributed by atoms with Gasteiger partial charge in [-0.1, -0.05) is 6.92 Å². The van der Waals surface area contributed by atoms with Crippen LogP contribution >= 0.6 is 0 Å². The van der Waals surface area contributed by atoms with Gasteiger partial charge in [-0.2, -0.15) is 0 Å². The minimum atomic E-state index is -0.715. The Kier molecular flexibility index (Phi) is 1.49. The third kappa shape index (κ3) is 0.984. The van der Waals surface area contributed by atoms with Gasteiger partial charge in [0.15, 0.2) is 0 Å². The van der Waals surface area contributed by atoms with Crippen molar-refractivity contribution in [1.82, 2.24) is 4.90 Å². The van der Waals surface area contributed by atoms with E-state index < -0.39 is 6.17 Å². The lowest BCUT2D eigenvalue weighted by atomic mass is 9.99. The predicted octanol–water partition coefficient (Wildman–Crippen LogP) is 0.618. The number of Topliss-reactive ketones (excluding diaryl/α,β-unsaturated/α-hetero) is 1. The van der Waals surface area contributed by atoms with E-state index in [1.165, 1.54) is 0 Å². The highest BCUT2D eigenvalue weighted by atomic mass is 19.1. The first kappa shape index (κ1) is 7.22. The SMILES string of the molecule is CC1[C@H]2CC(=O)CN2C[C@@H]1F. The second-order valence-electron chi connectivity index (χ2n) is 3.61. The molecule has 2 fully saturated rings. The number of fused-ring (bicyclic) bond motifs is 1. The Bertz CT molecular complexity index is 195. The number of carbonyl (C=O) groups is 1. The van der Waals surface area contributed by atoms with E-state index in [1.807, 2.05) is 11.8 Å². The molecule has 2 heterocycles. The van der Waals surface area contributed by atoms with Crippen LogP contribution in [0.3, 0.4) is 0 Å². The molecule has 0 aromatic rings. The maximum atomic E-state index is 13.0. The maximum absolute atomic E-state index is 13.0. The van der Waals surface area contributed by atoms with Gasteiger partial charge in [0.25, 0.3) is 0 Å². The summed E-state index contributed by atoms with van der Waals surface area (Å²) >= 11 is 0. The van der Waals surface area contributed by atoms with E-state index in [2.05, 4.69) is 0 Å². The highest BCUT2D eigenvalue weighted by Crippen LogP contribution is 2.32. The van der Waals surface area contributed by atoms with Gasteiger partial charge in [0.05, 0.1) is 6.54 Å². The first-order valence-electron chi connectivity index (χ1n) is 4.08. The molecule has 0 spiro atoms. The molecule has 0 N–H and O–H groups in total. The van der Waals surface area contributed by atoms with Gasteiger partial charge in [0.1, 0.15) is 12.0 Å². The molecule has 0 aromatic carbocycles. The third-order valence-corrected chi connectivity index (χ3v) is 2.87. The van der Waals surface area contributed by atoms with Crippen LogP contribution in [0, 0.1) is 5.92 Å². The van der Waals surface area contributed by atoms with Crippen molar-refractivity contribution in [2.45, 2.75) is 25.6 Å². The fourth-order valence-electron chi connectivity index (χ4n) is 2.12. The summed E-state index contributed by atoms with van der Waals surface area (Å²) in [5.74, 6) is 0.329. The maximum Gasteiger partial charge on any atom is 0.148 e. The number of rotatable bonds is 0. The molecule has 0 amide bonds. The van der Waals surface area contributed by atoms with Gasteiger partial charge in [-0.15, -0.1) is 0 Å². The van der Waals surface area contributed by atoms with Crippen LogP contribution in [0.2, 0.25) is 0 Å². The van der Waals surface area contributed by atoms with Crippen LogP contribution in [0.5, 0.6) is 0 Å². The Labute approximate surface area is 65.4 Å². The number of ketones is 1. The molecule has 1 unspecified atom stereocenters. The van der Waals surface area contributed by atoms with E-state index in [-0.39, 0.29) is 17.7 Å². The molecule has 2 nitrogen and oxygen atoms in total. The van der Waals surface area contributed by atoms with Crippen molar-refractivity contribution in [2.75, 3.05) is 13.1 Å². The summed E-state index contributed by atoms with van der Waals surface area (Å²) in [5, 5.41) is 0. The zero-order valence-electron chi connectivity index (χ0n) is 6.59. The summed E-state index contributed by atoms with van der Waals surface area (Å²) in [6, 6.07) is 0.206. The average Bonchev–Trinajstić information content (AvgIpc) is 2.37. The van der Waals surface area contributed by atoms with Crippen molar-refractivity contribution in [2.24, 2.45) is 5.92 Å². The molecule has 62 valence electrons. The van der Waals surface area contributed by atoms with Crippen molar-refractivity contribution < 1.29 is 9.18 Å². The van der Waals surface area contributed by atoms with Gasteiger partial charge < -0.3 is 0 Å². The highest BCUT2D eigenvalue weighted by molar-refractivity contribution is 5.83. The van der Waals surface area contributed by atoms with Crippen molar-refractivity contribution in [3.05, 3.63) is 0 Å². The van der Waals surface area contributed by atoms with Crippen LogP contribution in [-0.2, 0) is 4.79 Å². The van der Waals surface area contributed by atoms with Gasteiger partial charge in [0, 0.05) is 24.9 Å². The van der Waals surface area contributed by atoms with E-state index in [1.54, 1.807) is 0 Å². The Hall–Kier alpha value is -0.440.